The van der Waals surface area contributed by atoms with Gasteiger partial charge in [0.05, 0.1) is 10.6 Å². The first-order valence-corrected chi connectivity index (χ1v) is 8.30. The molecule has 0 bridgehead atoms. The van der Waals surface area contributed by atoms with Crippen molar-refractivity contribution in [1.82, 2.24) is 4.90 Å². The number of carbonyl (C=O) groups excluding carboxylic acids is 2. The van der Waals surface area contributed by atoms with E-state index in [1.807, 2.05) is 0 Å². The van der Waals surface area contributed by atoms with Gasteiger partial charge < -0.3 is 10.2 Å². The number of nitrogens with one attached hydrogen (secondary N) is 1. The summed E-state index contributed by atoms with van der Waals surface area (Å²) < 4.78 is 12.8. The number of nitrogens with zero attached hydrogens (tertiary/aromatic N) is 1. The molecule has 0 aliphatic carbocycles. The average Bonchev–Trinajstić information content (AvgIpc) is 2.56. The highest BCUT2D eigenvalue weighted by Crippen LogP contribution is 2.22. The number of hydrogen-bond acceptors (Lipinski definition) is 2. The summed E-state index contributed by atoms with van der Waals surface area (Å²) in [5, 5.41) is 3.06. The Labute approximate surface area is 151 Å². The molecule has 0 unspecified atom stereocenters. The number of halogens is 2. The molecule has 1 N–H and O–H groups in total. The fraction of sp³-hybridized carbons (Fsp3) is 0.263. The van der Waals surface area contributed by atoms with Crippen molar-refractivity contribution in [2.45, 2.75) is 19.3 Å². The van der Waals surface area contributed by atoms with Crippen molar-refractivity contribution in [2.75, 3.05) is 19.4 Å². The van der Waals surface area contributed by atoms with Crippen LogP contribution in [-0.4, -0.2) is 30.8 Å². The summed E-state index contributed by atoms with van der Waals surface area (Å²) in [5.74, 6) is -0.596. The Morgan fingerprint density at radius 1 is 1.12 bits per heavy atom. The Balaban J connectivity index is 1.87. The van der Waals surface area contributed by atoms with Gasteiger partial charge in [-0.1, -0.05) is 23.7 Å². The second kappa shape index (κ2) is 8.62. The third-order valence-corrected chi connectivity index (χ3v) is 3.98. The molecule has 0 saturated carbocycles. The Kier molecular flexibility index (Phi) is 6.53. The zero-order valence-electron chi connectivity index (χ0n) is 14.2. The Bertz CT molecular complexity index is 761. The Morgan fingerprint density at radius 3 is 2.40 bits per heavy atom. The Hall–Kier alpha value is -2.40. The smallest absolute Gasteiger partial charge is 0.254 e. The zero-order valence-corrected chi connectivity index (χ0v) is 14.9. The molecule has 0 saturated heterocycles. The number of rotatable bonds is 6. The van der Waals surface area contributed by atoms with Gasteiger partial charge >= 0.3 is 0 Å². The third-order valence-electron chi connectivity index (χ3n) is 3.67. The van der Waals surface area contributed by atoms with Crippen LogP contribution >= 0.6 is 11.6 Å². The van der Waals surface area contributed by atoms with E-state index < -0.39 is 0 Å². The van der Waals surface area contributed by atoms with E-state index in [0.29, 0.717) is 35.5 Å². The van der Waals surface area contributed by atoms with E-state index in [-0.39, 0.29) is 17.6 Å². The third kappa shape index (κ3) is 5.57. The van der Waals surface area contributed by atoms with Crippen LogP contribution in [0.5, 0.6) is 0 Å². The summed E-state index contributed by atoms with van der Waals surface area (Å²) in [4.78, 5) is 25.4. The number of hydrogen-bond donors (Lipinski definition) is 1. The van der Waals surface area contributed by atoms with Gasteiger partial charge in [-0.25, -0.2) is 4.39 Å². The molecule has 0 radical (unpaired) electrons. The maximum Gasteiger partial charge on any atom is 0.254 e. The largest absolute Gasteiger partial charge is 0.345 e. The van der Waals surface area contributed by atoms with Crippen molar-refractivity contribution in [1.29, 1.82) is 0 Å². The lowest BCUT2D eigenvalue weighted by Crippen LogP contribution is -2.22. The number of amides is 2. The van der Waals surface area contributed by atoms with E-state index in [4.69, 9.17) is 11.6 Å². The van der Waals surface area contributed by atoms with Crippen LogP contribution in [0.15, 0.2) is 42.5 Å². The van der Waals surface area contributed by atoms with E-state index >= 15 is 0 Å². The zero-order chi connectivity index (χ0) is 18.4. The van der Waals surface area contributed by atoms with Crippen molar-refractivity contribution in [3.63, 3.8) is 0 Å². The number of carbonyl (C=O) groups is 2. The minimum Gasteiger partial charge on any atom is -0.345 e. The average molecular weight is 363 g/mol. The quantitative estimate of drug-likeness (QED) is 0.839. The van der Waals surface area contributed by atoms with Crippen molar-refractivity contribution >= 4 is 29.1 Å². The maximum atomic E-state index is 12.8. The lowest BCUT2D eigenvalue weighted by atomic mass is 10.1. The molecule has 0 atom stereocenters. The highest BCUT2D eigenvalue weighted by Gasteiger charge is 2.13. The standard InChI is InChI=1S/C19H20ClFN2O2/c1-23(2)19(25)16-11-10-15(12-17(16)20)22-18(24)5-3-4-13-6-8-14(21)9-7-13/h6-12H,3-5H2,1-2H3,(H,22,24). The normalized spacial score (nSPS) is 10.4. The van der Waals surface area contributed by atoms with Crippen LogP contribution in [0.3, 0.4) is 0 Å². The summed E-state index contributed by atoms with van der Waals surface area (Å²) in [7, 11) is 3.30. The van der Waals surface area contributed by atoms with Crippen LogP contribution in [-0.2, 0) is 11.2 Å². The molecule has 132 valence electrons. The number of anilines is 1. The van der Waals surface area contributed by atoms with Crippen molar-refractivity contribution in [3.05, 3.63) is 64.4 Å². The first kappa shape index (κ1) is 18.9. The number of benzene rings is 2. The summed E-state index contributed by atoms with van der Waals surface area (Å²) in [5.41, 5.74) is 1.93. The predicted octanol–water partition coefficient (Wildman–Crippen LogP) is 4.14. The molecule has 2 amide bonds. The van der Waals surface area contributed by atoms with Gasteiger partial charge in [0.1, 0.15) is 5.82 Å². The molecule has 0 spiro atoms. The molecule has 2 aromatic carbocycles. The fourth-order valence-electron chi connectivity index (χ4n) is 2.33. The van der Waals surface area contributed by atoms with Crippen LogP contribution in [0, 0.1) is 5.82 Å². The first-order chi connectivity index (χ1) is 11.9. The molecule has 0 aliphatic rings. The second-order valence-corrected chi connectivity index (χ2v) is 6.33. The van der Waals surface area contributed by atoms with Gasteiger partial charge in [0.25, 0.3) is 5.91 Å². The molecular formula is C19H20ClFN2O2. The van der Waals surface area contributed by atoms with Gasteiger partial charge in [0.15, 0.2) is 0 Å². The first-order valence-electron chi connectivity index (χ1n) is 7.92. The summed E-state index contributed by atoms with van der Waals surface area (Å²) in [6.45, 7) is 0. The minimum atomic E-state index is -0.269. The molecule has 0 fully saturated rings. The molecule has 6 heteroatoms. The highest BCUT2D eigenvalue weighted by atomic mass is 35.5. The van der Waals surface area contributed by atoms with E-state index in [1.165, 1.54) is 17.0 Å². The van der Waals surface area contributed by atoms with E-state index in [2.05, 4.69) is 5.32 Å². The SMILES string of the molecule is CN(C)C(=O)c1ccc(NC(=O)CCCc2ccc(F)cc2)cc1Cl. The summed E-state index contributed by atoms with van der Waals surface area (Å²) in [6.07, 6.45) is 1.69. The van der Waals surface area contributed by atoms with Gasteiger partial charge in [-0.2, -0.15) is 0 Å². The molecule has 0 heterocycles. The lowest BCUT2D eigenvalue weighted by Gasteiger charge is -2.12. The summed E-state index contributed by atoms with van der Waals surface area (Å²) in [6, 6.07) is 11.1. The van der Waals surface area contributed by atoms with Gasteiger partial charge in [0, 0.05) is 26.2 Å². The van der Waals surface area contributed by atoms with Crippen LogP contribution in [0.4, 0.5) is 10.1 Å². The molecule has 0 aromatic heterocycles. The van der Waals surface area contributed by atoms with Gasteiger partial charge in [-0.05, 0) is 48.7 Å². The fourth-order valence-corrected chi connectivity index (χ4v) is 2.60. The monoisotopic (exact) mass is 362 g/mol. The molecule has 2 rings (SSSR count). The van der Waals surface area contributed by atoms with E-state index in [9.17, 15) is 14.0 Å². The van der Waals surface area contributed by atoms with E-state index in [0.717, 1.165) is 5.56 Å². The predicted molar refractivity (Wildman–Crippen MR) is 97.4 cm³/mol. The Morgan fingerprint density at radius 2 is 1.80 bits per heavy atom. The van der Waals surface area contributed by atoms with Crippen molar-refractivity contribution in [2.24, 2.45) is 0 Å². The molecule has 4 nitrogen and oxygen atoms in total. The molecule has 0 aliphatic heterocycles. The molecule has 2 aromatic rings. The second-order valence-electron chi connectivity index (χ2n) is 5.92. The topological polar surface area (TPSA) is 49.4 Å². The minimum absolute atomic E-state index is 0.134. The van der Waals surface area contributed by atoms with Crippen molar-refractivity contribution in [3.8, 4) is 0 Å². The van der Waals surface area contributed by atoms with Gasteiger partial charge in [-0.3, -0.25) is 9.59 Å². The van der Waals surface area contributed by atoms with Gasteiger partial charge in [-0.15, -0.1) is 0 Å². The summed E-state index contributed by atoms with van der Waals surface area (Å²) >= 11 is 6.12. The van der Waals surface area contributed by atoms with Crippen LogP contribution in [0.2, 0.25) is 5.02 Å². The number of aryl methyl sites for hydroxylation is 1. The maximum absolute atomic E-state index is 12.8. The van der Waals surface area contributed by atoms with Crippen LogP contribution < -0.4 is 5.32 Å². The van der Waals surface area contributed by atoms with Crippen LogP contribution in [0.1, 0.15) is 28.8 Å². The molecular weight excluding hydrogens is 343 g/mol. The molecule has 25 heavy (non-hydrogen) atoms. The van der Waals surface area contributed by atoms with Crippen LogP contribution in [0.25, 0.3) is 0 Å². The lowest BCUT2D eigenvalue weighted by molar-refractivity contribution is -0.116. The van der Waals surface area contributed by atoms with Gasteiger partial charge in [0.2, 0.25) is 5.91 Å². The van der Waals surface area contributed by atoms with E-state index in [1.54, 1.807) is 44.4 Å². The van der Waals surface area contributed by atoms with Crippen molar-refractivity contribution < 1.29 is 14.0 Å². The highest BCUT2D eigenvalue weighted by molar-refractivity contribution is 6.34.